The maximum Gasteiger partial charge on any atom is 0.148 e. The molecule has 2 rings (SSSR count). The van der Waals surface area contributed by atoms with Gasteiger partial charge in [-0.15, -0.1) is 21.8 Å². The summed E-state index contributed by atoms with van der Waals surface area (Å²) in [6.45, 7) is 3.74. The monoisotopic (exact) mass is 257 g/mol. The number of aromatic nitrogens is 3. The predicted octanol–water partition coefficient (Wildman–Crippen LogP) is 2.50. The van der Waals surface area contributed by atoms with Crippen molar-refractivity contribution >= 4 is 11.6 Å². The Balaban J connectivity index is 2.29. The van der Waals surface area contributed by atoms with Crippen LogP contribution in [0.5, 0.6) is 0 Å². The van der Waals surface area contributed by atoms with Crippen molar-refractivity contribution in [2.45, 2.75) is 50.4 Å². The van der Waals surface area contributed by atoms with Crippen molar-refractivity contribution in [1.82, 2.24) is 14.8 Å². The smallest absolute Gasteiger partial charge is 0.148 e. The summed E-state index contributed by atoms with van der Waals surface area (Å²) in [6.07, 6.45) is 4.95. The molecule has 0 atom stereocenters. The zero-order valence-electron chi connectivity index (χ0n) is 10.6. The van der Waals surface area contributed by atoms with Gasteiger partial charge in [0.2, 0.25) is 0 Å². The van der Waals surface area contributed by atoms with Gasteiger partial charge < -0.3 is 9.30 Å². The summed E-state index contributed by atoms with van der Waals surface area (Å²) >= 11 is 5.91. The maximum atomic E-state index is 5.91. The predicted molar refractivity (Wildman–Crippen MR) is 67.3 cm³/mol. The summed E-state index contributed by atoms with van der Waals surface area (Å²) in [7, 11) is 1.71. The second-order valence-corrected chi connectivity index (χ2v) is 5.25. The molecule has 0 N–H and O–H groups in total. The lowest BCUT2D eigenvalue weighted by Crippen LogP contribution is -2.24. The minimum absolute atomic E-state index is 0.172. The molecule has 1 aromatic heterocycles. The van der Waals surface area contributed by atoms with Gasteiger partial charge in [-0.1, -0.05) is 19.8 Å². The molecule has 4 nitrogen and oxygen atoms in total. The molecule has 0 unspecified atom stereocenters. The van der Waals surface area contributed by atoms with E-state index in [1.807, 2.05) is 0 Å². The van der Waals surface area contributed by atoms with Crippen molar-refractivity contribution in [1.29, 1.82) is 0 Å². The summed E-state index contributed by atoms with van der Waals surface area (Å²) in [5, 5.41) is 8.57. The molecule has 1 fully saturated rings. The lowest BCUT2D eigenvalue weighted by molar-refractivity contribution is 0.183. The van der Waals surface area contributed by atoms with E-state index in [9.17, 15) is 0 Å². The standard InChI is InChI=1S/C12H20ClN3O/c1-12(5-3-4-6-12)11-15-14-10(9-13)16(11)7-8-17-2/h3-9H2,1-2H3. The van der Waals surface area contributed by atoms with Crippen LogP contribution >= 0.6 is 11.6 Å². The molecule has 0 aromatic carbocycles. The van der Waals surface area contributed by atoms with Gasteiger partial charge in [-0.3, -0.25) is 0 Å². The molecular formula is C12H20ClN3O. The average Bonchev–Trinajstić information content (AvgIpc) is 2.93. The first-order chi connectivity index (χ1) is 8.21. The van der Waals surface area contributed by atoms with Gasteiger partial charge in [0.05, 0.1) is 12.5 Å². The third-order valence-corrected chi connectivity index (χ3v) is 3.95. The Morgan fingerprint density at radius 3 is 2.65 bits per heavy atom. The van der Waals surface area contributed by atoms with Gasteiger partial charge in [0.15, 0.2) is 0 Å². The van der Waals surface area contributed by atoms with Crippen LogP contribution < -0.4 is 0 Å². The molecule has 0 radical (unpaired) electrons. The van der Waals surface area contributed by atoms with Crippen LogP contribution in [0, 0.1) is 0 Å². The summed E-state index contributed by atoms with van der Waals surface area (Å²) < 4.78 is 7.29. The number of rotatable bonds is 5. The maximum absolute atomic E-state index is 5.91. The van der Waals surface area contributed by atoms with Crippen LogP contribution in [0.25, 0.3) is 0 Å². The summed E-state index contributed by atoms with van der Waals surface area (Å²) in [5.74, 6) is 2.35. The number of hydrogen-bond donors (Lipinski definition) is 0. The van der Waals surface area contributed by atoms with Gasteiger partial charge in [0.1, 0.15) is 11.6 Å². The summed E-state index contributed by atoms with van der Waals surface area (Å²) in [5.41, 5.74) is 0.172. The number of halogens is 1. The summed E-state index contributed by atoms with van der Waals surface area (Å²) in [4.78, 5) is 0. The minimum Gasteiger partial charge on any atom is -0.383 e. The first-order valence-corrected chi connectivity index (χ1v) is 6.72. The quantitative estimate of drug-likeness (QED) is 0.761. The fourth-order valence-electron chi connectivity index (χ4n) is 2.68. The van der Waals surface area contributed by atoms with Crippen LogP contribution in [-0.2, 0) is 22.6 Å². The van der Waals surface area contributed by atoms with Gasteiger partial charge in [0, 0.05) is 19.1 Å². The minimum atomic E-state index is 0.172. The lowest BCUT2D eigenvalue weighted by Gasteiger charge is -2.23. The highest BCUT2D eigenvalue weighted by atomic mass is 35.5. The van der Waals surface area contributed by atoms with Crippen molar-refractivity contribution in [2.75, 3.05) is 13.7 Å². The van der Waals surface area contributed by atoms with E-state index >= 15 is 0 Å². The highest BCUT2D eigenvalue weighted by Gasteiger charge is 2.35. The number of methoxy groups -OCH3 is 1. The molecule has 1 aliphatic carbocycles. The van der Waals surface area contributed by atoms with Crippen LogP contribution in [0.4, 0.5) is 0 Å². The molecule has 96 valence electrons. The Kier molecular flexibility index (Phi) is 4.05. The van der Waals surface area contributed by atoms with E-state index in [1.54, 1.807) is 7.11 Å². The molecule has 0 spiro atoms. The summed E-state index contributed by atoms with van der Waals surface area (Å²) in [6, 6.07) is 0. The molecule has 5 heteroatoms. The first-order valence-electron chi connectivity index (χ1n) is 6.19. The normalized spacial score (nSPS) is 18.8. The largest absolute Gasteiger partial charge is 0.383 e. The SMILES string of the molecule is COCCn1c(CCl)nnc1C1(C)CCCC1. The van der Waals surface area contributed by atoms with E-state index in [1.165, 1.54) is 25.7 Å². The number of alkyl halides is 1. The van der Waals surface area contributed by atoms with Crippen LogP contribution in [-0.4, -0.2) is 28.5 Å². The Labute approximate surface area is 107 Å². The van der Waals surface area contributed by atoms with Crippen molar-refractivity contribution in [3.8, 4) is 0 Å². The van der Waals surface area contributed by atoms with E-state index < -0.39 is 0 Å². The van der Waals surface area contributed by atoms with Gasteiger partial charge in [0.25, 0.3) is 0 Å². The fourth-order valence-corrected chi connectivity index (χ4v) is 2.87. The van der Waals surface area contributed by atoms with Gasteiger partial charge in [-0.05, 0) is 12.8 Å². The van der Waals surface area contributed by atoms with Crippen molar-refractivity contribution in [3.63, 3.8) is 0 Å². The first kappa shape index (κ1) is 12.8. The lowest BCUT2D eigenvalue weighted by atomic mass is 9.88. The third-order valence-electron chi connectivity index (χ3n) is 3.71. The van der Waals surface area contributed by atoms with E-state index in [0.717, 1.165) is 18.2 Å². The zero-order valence-corrected chi connectivity index (χ0v) is 11.3. The van der Waals surface area contributed by atoms with Crippen LogP contribution in [0.15, 0.2) is 0 Å². The molecule has 0 amide bonds. The topological polar surface area (TPSA) is 39.9 Å². The molecule has 1 heterocycles. The molecule has 0 aliphatic heterocycles. The molecule has 1 saturated carbocycles. The van der Waals surface area contributed by atoms with Crippen molar-refractivity contribution in [3.05, 3.63) is 11.6 Å². The van der Waals surface area contributed by atoms with E-state index in [-0.39, 0.29) is 5.41 Å². The highest BCUT2D eigenvalue weighted by Crippen LogP contribution is 2.39. The second-order valence-electron chi connectivity index (χ2n) is 4.99. The molecular weight excluding hydrogens is 238 g/mol. The van der Waals surface area contributed by atoms with Crippen LogP contribution in [0.2, 0.25) is 0 Å². The molecule has 17 heavy (non-hydrogen) atoms. The van der Waals surface area contributed by atoms with Gasteiger partial charge in [-0.25, -0.2) is 0 Å². The number of hydrogen-bond acceptors (Lipinski definition) is 3. The Morgan fingerprint density at radius 2 is 2.06 bits per heavy atom. The van der Waals surface area contributed by atoms with Gasteiger partial charge >= 0.3 is 0 Å². The second kappa shape index (κ2) is 5.36. The van der Waals surface area contributed by atoms with E-state index in [4.69, 9.17) is 16.3 Å². The Bertz CT molecular complexity index is 372. The van der Waals surface area contributed by atoms with Crippen molar-refractivity contribution < 1.29 is 4.74 Å². The van der Waals surface area contributed by atoms with E-state index in [2.05, 4.69) is 21.7 Å². The molecule has 1 aliphatic rings. The van der Waals surface area contributed by atoms with Crippen molar-refractivity contribution in [2.24, 2.45) is 0 Å². The van der Waals surface area contributed by atoms with Crippen LogP contribution in [0.3, 0.4) is 0 Å². The third kappa shape index (κ3) is 2.47. The van der Waals surface area contributed by atoms with Crippen LogP contribution in [0.1, 0.15) is 44.3 Å². The molecule has 0 saturated heterocycles. The Hall–Kier alpha value is -0.610. The number of ether oxygens (including phenoxy) is 1. The van der Waals surface area contributed by atoms with E-state index in [0.29, 0.717) is 12.5 Å². The fraction of sp³-hybridized carbons (Fsp3) is 0.833. The molecule has 0 bridgehead atoms. The highest BCUT2D eigenvalue weighted by molar-refractivity contribution is 6.16. The number of nitrogens with zero attached hydrogens (tertiary/aromatic N) is 3. The average molecular weight is 258 g/mol. The Morgan fingerprint density at radius 1 is 1.35 bits per heavy atom. The van der Waals surface area contributed by atoms with Gasteiger partial charge in [-0.2, -0.15) is 0 Å². The zero-order chi connectivity index (χ0) is 12.3. The molecule has 1 aromatic rings.